The van der Waals surface area contributed by atoms with E-state index in [0.29, 0.717) is 5.56 Å². The lowest BCUT2D eigenvalue weighted by Crippen LogP contribution is -2.05. The number of anilines is 2. The van der Waals surface area contributed by atoms with Gasteiger partial charge >= 0.3 is 5.97 Å². The van der Waals surface area contributed by atoms with Crippen LogP contribution in [0, 0.1) is 17.5 Å². The summed E-state index contributed by atoms with van der Waals surface area (Å²) < 4.78 is 40.6. The number of carbonyl (C=O) groups is 1. The van der Waals surface area contributed by atoms with Gasteiger partial charge in [0.05, 0.1) is 11.3 Å². The van der Waals surface area contributed by atoms with E-state index in [4.69, 9.17) is 0 Å². The summed E-state index contributed by atoms with van der Waals surface area (Å²) in [6, 6.07) is 11.0. The van der Waals surface area contributed by atoms with E-state index < -0.39 is 29.1 Å². The van der Waals surface area contributed by atoms with Crippen LogP contribution >= 0.6 is 0 Å². The minimum atomic E-state index is -1.23. The highest BCUT2D eigenvalue weighted by atomic mass is 19.1. The molecule has 0 fully saturated rings. The smallest absolute Gasteiger partial charge is 0.337 e. The van der Waals surface area contributed by atoms with Gasteiger partial charge < -0.3 is 10.4 Å². The lowest BCUT2D eigenvalue weighted by atomic mass is 10.1. The standard InChI is InChI=1S/C18H11F3N2O2/c19-11-6-4-10(5-7-11)16-12(18(24)25)8-9-15(22-16)23-17-13(20)2-1-3-14(17)21/h1-9H,(H,22,23)(H,24,25). The van der Waals surface area contributed by atoms with Gasteiger partial charge in [0.2, 0.25) is 0 Å². The van der Waals surface area contributed by atoms with Gasteiger partial charge in [-0.1, -0.05) is 6.07 Å². The molecular weight excluding hydrogens is 333 g/mol. The Kier molecular flexibility index (Phi) is 4.38. The number of carboxylic acid groups (broad SMARTS) is 1. The maximum Gasteiger partial charge on any atom is 0.337 e. The van der Waals surface area contributed by atoms with Gasteiger partial charge in [0.25, 0.3) is 0 Å². The summed E-state index contributed by atoms with van der Waals surface area (Å²) in [6.07, 6.45) is 0. The molecule has 2 aromatic carbocycles. The molecule has 0 amide bonds. The average molecular weight is 344 g/mol. The number of para-hydroxylation sites is 1. The Labute approximate surface area is 140 Å². The van der Waals surface area contributed by atoms with E-state index in [1.54, 1.807) is 0 Å². The second-order valence-corrected chi connectivity index (χ2v) is 5.13. The van der Waals surface area contributed by atoms with Crippen molar-refractivity contribution in [1.29, 1.82) is 0 Å². The van der Waals surface area contributed by atoms with Crippen molar-refractivity contribution in [2.24, 2.45) is 0 Å². The molecule has 3 aromatic rings. The maximum absolute atomic E-state index is 13.7. The van der Waals surface area contributed by atoms with Crippen LogP contribution in [0.5, 0.6) is 0 Å². The number of aromatic nitrogens is 1. The molecule has 126 valence electrons. The number of halogens is 3. The zero-order chi connectivity index (χ0) is 18.0. The van der Waals surface area contributed by atoms with Crippen molar-refractivity contribution in [2.75, 3.05) is 5.32 Å². The molecule has 1 aromatic heterocycles. The first-order valence-corrected chi connectivity index (χ1v) is 7.17. The quantitative estimate of drug-likeness (QED) is 0.726. The number of pyridine rings is 1. The third kappa shape index (κ3) is 3.45. The number of aromatic carboxylic acids is 1. The van der Waals surface area contributed by atoms with E-state index >= 15 is 0 Å². The third-order valence-electron chi connectivity index (χ3n) is 3.46. The summed E-state index contributed by atoms with van der Waals surface area (Å²) in [5, 5.41) is 11.8. The molecule has 0 unspecified atom stereocenters. The summed E-state index contributed by atoms with van der Waals surface area (Å²) in [4.78, 5) is 15.5. The van der Waals surface area contributed by atoms with Crippen LogP contribution in [0.1, 0.15) is 10.4 Å². The molecule has 0 saturated carbocycles. The Morgan fingerprint density at radius 1 is 0.920 bits per heavy atom. The molecule has 3 rings (SSSR count). The van der Waals surface area contributed by atoms with Gasteiger partial charge in [-0.2, -0.15) is 0 Å². The zero-order valence-electron chi connectivity index (χ0n) is 12.6. The molecule has 0 aliphatic rings. The number of hydrogen-bond donors (Lipinski definition) is 2. The first kappa shape index (κ1) is 16.5. The average Bonchev–Trinajstić information content (AvgIpc) is 2.59. The highest BCUT2D eigenvalue weighted by molar-refractivity contribution is 5.95. The SMILES string of the molecule is O=C(O)c1ccc(Nc2c(F)cccc2F)nc1-c1ccc(F)cc1. The summed E-state index contributed by atoms with van der Waals surface area (Å²) in [7, 11) is 0. The van der Waals surface area contributed by atoms with Gasteiger partial charge in [-0.3, -0.25) is 0 Å². The zero-order valence-corrected chi connectivity index (χ0v) is 12.6. The molecule has 7 heteroatoms. The van der Waals surface area contributed by atoms with Crippen molar-refractivity contribution in [2.45, 2.75) is 0 Å². The lowest BCUT2D eigenvalue weighted by molar-refractivity contribution is 0.0697. The van der Waals surface area contributed by atoms with E-state index in [1.165, 1.54) is 42.5 Å². The molecule has 0 aliphatic heterocycles. The van der Waals surface area contributed by atoms with Gasteiger partial charge in [-0.25, -0.2) is 22.9 Å². The number of carboxylic acids is 1. The van der Waals surface area contributed by atoms with E-state index in [9.17, 15) is 23.1 Å². The minimum absolute atomic E-state index is 0.0494. The number of hydrogen-bond acceptors (Lipinski definition) is 3. The van der Waals surface area contributed by atoms with Crippen molar-refractivity contribution in [1.82, 2.24) is 4.98 Å². The lowest BCUT2D eigenvalue weighted by Gasteiger charge is -2.11. The van der Waals surface area contributed by atoms with Gasteiger partial charge in [-0.05, 0) is 48.5 Å². The van der Waals surface area contributed by atoms with E-state index in [1.807, 2.05) is 0 Å². The van der Waals surface area contributed by atoms with Crippen molar-refractivity contribution < 1.29 is 23.1 Å². The molecular formula is C18H11F3N2O2. The first-order valence-electron chi connectivity index (χ1n) is 7.17. The van der Waals surface area contributed by atoms with Gasteiger partial charge in [0.15, 0.2) is 0 Å². The van der Waals surface area contributed by atoms with E-state index in [-0.39, 0.29) is 17.1 Å². The molecule has 0 aliphatic carbocycles. The second-order valence-electron chi connectivity index (χ2n) is 5.13. The number of benzene rings is 2. The van der Waals surface area contributed by atoms with Crippen LogP contribution in [-0.4, -0.2) is 16.1 Å². The summed E-state index contributed by atoms with van der Waals surface area (Å²) in [6.45, 7) is 0. The largest absolute Gasteiger partial charge is 0.478 e. The van der Waals surface area contributed by atoms with Gasteiger partial charge in [-0.15, -0.1) is 0 Å². The summed E-state index contributed by atoms with van der Waals surface area (Å²) in [5.74, 6) is -3.29. The molecule has 1 heterocycles. The fourth-order valence-electron chi connectivity index (χ4n) is 2.27. The van der Waals surface area contributed by atoms with Crippen molar-refractivity contribution >= 4 is 17.5 Å². The van der Waals surface area contributed by atoms with Crippen LogP contribution < -0.4 is 5.32 Å². The van der Waals surface area contributed by atoms with E-state index in [0.717, 1.165) is 12.1 Å². The van der Waals surface area contributed by atoms with Crippen molar-refractivity contribution in [3.63, 3.8) is 0 Å². The highest BCUT2D eigenvalue weighted by Crippen LogP contribution is 2.27. The van der Waals surface area contributed by atoms with Crippen LogP contribution in [0.4, 0.5) is 24.7 Å². The maximum atomic E-state index is 13.7. The molecule has 0 radical (unpaired) electrons. The Hall–Kier alpha value is -3.35. The molecule has 0 saturated heterocycles. The second kappa shape index (κ2) is 6.64. The highest BCUT2D eigenvalue weighted by Gasteiger charge is 2.16. The first-order chi connectivity index (χ1) is 12.0. The van der Waals surface area contributed by atoms with Gasteiger partial charge in [0.1, 0.15) is 29.0 Å². The van der Waals surface area contributed by atoms with Crippen molar-refractivity contribution in [3.8, 4) is 11.3 Å². The Morgan fingerprint density at radius 3 is 2.16 bits per heavy atom. The van der Waals surface area contributed by atoms with Crippen LogP contribution in [0.3, 0.4) is 0 Å². The molecule has 0 atom stereocenters. The Morgan fingerprint density at radius 2 is 1.56 bits per heavy atom. The topological polar surface area (TPSA) is 62.2 Å². The fraction of sp³-hybridized carbons (Fsp3) is 0. The van der Waals surface area contributed by atoms with Gasteiger partial charge in [0, 0.05) is 5.56 Å². The summed E-state index contributed by atoms with van der Waals surface area (Å²) in [5.41, 5.74) is -0.111. The fourth-order valence-corrected chi connectivity index (χ4v) is 2.27. The molecule has 0 bridgehead atoms. The summed E-state index contributed by atoms with van der Waals surface area (Å²) >= 11 is 0. The minimum Gasteiger partial charge on any atom is -0.478 e. The van der Waals surface area contributed by atoms with Crippen LogP contribution in [0.2, 0.25) is 0 Å². The van der Waals surface area contributed by atoms with E-state index in [2.05, 4.69) is 10.3 Å². The molecule has 0 spiro atoms. The monoisotopic (exact) mass is 344 g/mol. The predicted octanol–water partition coefficient (Wildman–Crippen LogP) is 4.61. The number of nitrogens with one attached hydrogen (secondary N) is 1. The van der Waals surface area contributed by atoms with Crippen LogP contribution in [0.15, 0.2) is 54.6 Å². The normalized spacial score (nSPS) is 10.5. The third-order valence-corrected chi connectivity index (χ3v) is 3.46. The number of rotatable bonds is 4. The Balaban J connectivity index is 2.07. The number of nitrogens with zero attached hydrogens (tertiary/aromatic N) is 1. The molecule has 25 heavy (non-hydrogen) atoms. The molecule has 4 nitrogen and oxygen atoms in total. The molecule has 2 N–H and O–H groups in total. The van der Waals surface area contributed by atoms with Crippen LogP contribution in [0.25, 0.3) is 11.3 Å². The van der Waals surface area contributed by atoms with Crippen molar-refractivity contribution in [3.05, 3.63) is 77.6 Å². The Bertz CT molecular complexity index is 923. The predicted molar refractivity (Wildman–Crippen MR) is 86.2 cm³/mol. The van der Waals surface area contributed by atoms with Crippen LogP contribution in [-0.2, 0) is 0 Å².